The number of thioether (sulfide) groups is 1. The zero-order valence-electron chi connectivity index (χ0n) is 10.7. The number of para-hydroxylation sites is 1. The fourth-order valence-corrected chi connectivity index (χ4v) is 4.44. The molecule has 1 aromatic carbocycles. The number of rotatable bonds is 1. The zero-order chi connectivity index (χ0) is 11.9. The van der Waals surface area contributed by atoms with Crippen molar-refractivity contribution >= 4 is 29.9 Å². The molecule has 100 valence electrons. The molecule has 3 aliphatic rings. The molecule has 0 saturated heterocycles. The highest BCUT2D eigenvalue weighted by Gasteiger charge is 2.38. The van der Waals surface area contributed by atoms with Crippen molar-refractivity contribution in [2.24, 2.45) is 0 Å². The molecule has 2 nitrogen and oxygen atoms in total. The first-order chi connectivity index (χ1) is 8.93. The summed E-state index contributed by atoms with van der Waals surface area (Å²) >= 11 is 2.04. The van der Waals surface area contributed by atoms with E-state index in [4.69, 9.17) is 0 Å². The summed E-state index contributed by atoms with van der Waals surface area (Å²) in [6.45, 7) is 0. The fourth-order valence-electron chi connectivity index (χ4n) is 2.96. The number of hydrogen-bond donors (Lipinski definition) is 0. The Bertz CT molecular complexity index is 526. The monoisotopic (exact) mass is 292 g/mol. The largest absolute Gasteiger partial charge is 0.319 e. The lowest BCUT2D eigenvalue weighted by Crippen LogP contribution is -2.31. The first kappa shape index (κ1) is 12.9. The highest BCUT2D eigenvalue weighted by molar-refractivity contribution is 8.04. The maximum absolute atomic E-state index is 2.46. The Labute approximate surface area is 124 Å². The summed E-state index contributed by atoms with van der Waals surface area (Å²) in [5.74, 6) is 0. The number of hydrogen-bond acceptors (Lipinski definition) is 3. The van der Waals surface area contributed by atoms with Crippen LogP contribution in [0.15, 0.2) is 53.3 Å². The molecule has 0 amide bonds. The van der Waals surface area contributed by atoms with Gasteiger partial charge in [0.05, 0.1) is 0 Å². The van der Waals surface area contributed by atoms with E-state index in [9.17, 15) is 0 Å². The van der Waals surface area contributed by atoms with Gasteiger partial charge in [-0.2, -0.15) is 0 Å². The Hall–Kier alpha value is -1.06. The van der Waals surface area contributed by atoms with Crippen molar-refractivity contribution in [2.75, 3.05) is 4.90 Å². The van der Waals surface area contributed by atoms with Crippen LogP contribution in [0.5, 0.6) is 0 Å². The van der Waals surface area contributed by atoms with Gasteiger partial charge in [-0.1, -0.05) is 30.0 Å². The number of benzene rings is 1. The van der Waals surface area contributed by atoms with E-state index < -0.39 is 0 Å². The molecule has 4 rings (SSSR count). The summed E-state index contributed by atoms with van der Waals surface area (Å²) in [5, 5.41) is 0. The molecule has 2 heterocycles. The van der Waals surface area contributed by atoms with Crippen LogP contribution >= 0.6 is 24.2 Å². The molecule has 19 heavy (non-hydrogen) atoms. The third kappa shape index (κ3) is 2.05. The van der Waals surface area contributed by atoms with Crippen molar-refractivity contribution in [2.45, 2.75) is 31.2 Å². The van der Waals surface area contributed by atoms with Crippen molar-refractivity contribution in [3.63, 3.8) is 0 Å². The minimum atomic E-state index is 0. The van der Waals surface area contributed by atoms with Gasteiger partial charge in [0.2, 0.25) is 0 Å². The van der Waals surface area contributed by atoms with E-state index >= 15 is 0 Å². The highest BCUT2D eigenvalue weighted by Crippen LogP contribution is 2.49. The van der Waals surface area contributed by atoms with Crippen LogP contribution in [-0.2, 0) is 0 Å². The van der Waals surface area contributed by atoms with E-state index in [2.05, 4.69) is 52.5 Å². The molecule has 1 aromatic rings. The minimum Gasteiger partial charge on any atom is -0.319 e. The molecule has 0 bridgehead atoms. The molecule has 1 unspecified atom stereocenters. The molecule has 0 saturated carbocycles. The highest BCUT2D eigenvalue weighted by atomic mass is 35.5. The number of anilines is 1. The van der Waals surface area contributed by atoms with Crippen LogP contribution in [0, 0.1) is 0 Å². The smallest absolute Gasteiger partial charge is 0.162 e. The second-order valence-electron chi connectivity index (χ2n) is 4.97. The molecule has 2 aliphatic heterocycles. The summed E-state index contributed by atoms with van der Waals surface area (Å²) in [5.41, 5.74) is 3.29. The topological polar surface area (TPSA) is 6.48 Å². The van der Waals surface area contributed by atoms with E-state index in [0.29, 0.717) is 5.50 Å². The molecule has 0 aromatic heterocycles. The zero-order valence-corrected chi connectivity index (χ0v) is 12.3. The van der Waals surface area contributed by atoms with Crippen LogP contribution in [0.1, 0.15) is 25.7 Å². The quantitative estimate of drug-likeness (QED) is 0.751. The van der Waals surface area contributed by atoms with Gasteiger partial charge < -0.3 is 9.80 Å². The molecule has 0 radical (unpaired) electrons. The molecular weight excluding hydrogens is 276 g/mol. The normalized spacial score (nSPS) is 24.3. The molecule has 0 spiro atoms. The van der Waals surface area contributed by atoms with Crippen molar-refractivity contribution in [3.05, 3.63) is 53.3 Å². The maximum Gasteiger partial charge on any atom is 0.162 e. The van der Waals surface area contributed by atoms with E-state index in [0.717, 1.165) is 0 Å². The standard InChI is InChI=1S/C15H16N2S.ClH/c1-2-6-12(7-3-1)16-10-11-17-13-8-4-5-9-14(13)18-15(16)17;/h1-3,6-7,10-11,15H,4-5,8-9H2;1H. The van der Waals surface area contributed by atoms with Gasteiger partial charge in [0.15, 0.2) is 5.50 Å². The lowest BCUT2D eigenvalue weighted by atomic mass is 10.0. The fraction of sp³-hybridized carbons (Fsp3) is 0.333. The van der Waals surface area contributed by atoms with Crippen LogP contribution in [0.3, 0.4) is 0 Å². The van der Waals surface area contributed by atoms with Crippen LogP contribution in [0.25, 0.3) is 0 Å². The lowest BCUT2D eigenvalue weighted by Gasteiger charge is -2.27. The Kier molecular flexibility index (Phi) is 3.50. The number of fused-ring (bicyclic) bond motifs is 2. The van der Waals surface area contributed by atoms with Crippen LogP contribution in [0.4, 0.5) is 5.69 Å². The van der Waals surface area contributed by atoms with Gasteiger partial charge in [-0.05, 0) is 37.8 Å². The van der Waals surface area contributed by atoms with Crippen molar-refractivity contribution in [3.8, 4) is 0 Å². The van der Waals surface area contributed by atoms with E-state index in [1.165, 1.54) is 31.4 Å². The Morgan fingerprint density at radius 3 is 2.53 bits per heavy atom. The van der Waals surface area contributed by atoms with Gasteiger partial charge in [-0.15, -0.1) is 12.4 Å². The summed E-state index contributed by atoms with van der Waals surface area (Å²) < 4.78 is 0. The van der Waals surface area contributed by atoms with Gasteiger partial charge in [0, 0.05) is 28.7 Å². The summed E-state index contributed by atoms with van der Waals surface area (Å²) in [6.07, 6.45) is 9.71. The molecule has 4 heteroatoms. The molecule has 0 N–H and O–H groups in total. The van der Waals surface area contributed by atoms with E-state index in [-0.39, 0.29) is 12.4 Å². The van der Waals surface area contributed by atoms with E-state index in [1.54, 1.807) is 10.6 Å². The number of allylic oxidation sites excluding steroid dienone is 2. The number of nitrogens with zero attached hydrogens (tertiary/aromatic N) is 2. The van der Waals surface area contributed by atoms with Crippen LogP contribution < -0.4 is 4.90 Å². The summed E-state index contributed by atoms with van der Waals surface area (Å²) in [6, 6.07) is 10.7. The average Bonchev–Trinajstić information content (AvgIpc) is 2.98. The van der Waals surface area contributed by atoms with Gasteiger partial charge in [-0.25, -0.2) is 0 Å². The molecule has 1 atom stereocenters. The molecule has 1 aliphatic carbocycles. The Morgan fingerprint density at radius 2 is 1.68 bits per heavy atom. The third-order valence-corrected chi connectivity index (χ3v) is 5.26. The maximum atomic E-state index is 2.46. The Morgan fingerprint density at radius 1 is 0.947 bits per heavy atom. The first-order valence-corrected chi connectivity index (χ1v) is 7.50. The van der Waals surface area contributed by atoms with Crippen LogP contribution in [0.2, 0.25) is 0 Å². The van der Waals surface area contributed by atoms with Crippen molar-refractivity contribution < 1.29 is 0 Å². The van der Waals surface area contributed by atoms with Gasteiger partial charge in [0.1, 0.15) is 0 Å². The number of halogens is 1. The minimum absolute atomic E-state index is 0. The molecule has 0 fully saturated rings. The van der Waals surface area contributed by atoms with Crippen LogP contribution in [-0.4, -0.2) is 10.4 Å². The van der Waals surface area contributed by atoms with Crippen molar-refractivity contribution in [1.29, 1.82) is 0 Å². The SMILES string of the molecule is C1=CN(c2ccccc2)C2SC3=C(CCCC3)N12.Cl. The first-order valence-electron chi connectivity index (χ1n) is 6.62. The molecular formula is C15H17ClN2S. The predicted molar refractivity (Wildman–Crippen MR) is 84.0 cm³/mol. The second kappa shape index (κ2) is 5.14. The lowest BCUT2D eigenvalue weighted by molar-refractivity contribution is 0.441. The average molecular weight is 293 g/mol. The van der Waals surface area contributed by atoms with Gasteiger partial charge in [0.25, 0.3) is 0 Å². The summed E-state index contributed by atoms with van der Waals surface area (Å²) in [4.78, 5) is 6.46. The third-order valence-electron chi connectivity index (χ3n) is 3.87. The van der Waals surface area contributed by atoms with Gasteiger partial charge >= 0.3 is 0 Å². The van der Waals surface area contributed by atoms with E-state index in [1.807, 2.05) is 11.8 Å². The van der Waals surface area contributed by atoms with Crippen molar-refractivity contribution in [1.82, 2.24) is 4.90 Å². The predicted octanol–water partition coefficient (Wildman–Crippen LogP) is 4.52. The van der Waals surface area contributed by atoms with Gasteiger partial charge in [-0.3, -0.25) is 0 Å². The Balaban J connectivity index is 0.00000110. The summed E-state index contributed by atoms with van der Waals surface area (Å²) in [7, 11) is 0. The second-order valence-corrected chi connectivity index (χ2v) is 6.12.